The van der Waals surface area contributed by atoms with Crippen LogP contribution in [-0.2, 0) is 33.3 Å². The second kappa shape index (κ2) is 15.1. The number of hydrogen-bond donors (Lipinski definition) is 0. The third-order valence-corrected chi connectivity index (χ3v) is 4.80. The van der Waals surface area contributed by atoms with Crippen LogP contribution in [0.4, 0.5) is 0 Å². The molecule has 0 aromatic rings. The number of ether oxygens (including phenoxy) is 5. The van der Waals surface area contributed by atoms with E-state index in [9.17, 15) is 9.59 Å². The van der Waals surface area contributed by atoms with E-state index in [1.807, 2.05) is 0 Å². The molecule has 0 atom stereocenters. The molecule has 0 saturated heterocycles. The maximum Gasteiger partial charge on any atom is 0.331 e. The van der Waals surface area contributed by atoms with E-state index >= 15 is 0 Å². The van der Waals surface area contributed by atoms with Crippen LogP contribution in [0.2, 0.25) is 25.7 Å². The first kappa shape index (κ1) is 23.8. The second-order valence-electron chi connectivity index (χ2n) is 6.55. The molecular formula is C17H32O7Si. The minimum absolute atomic E-state index is 0.118. The van der Waals surface area contributed by atoms with Crippen molar-refractivity contribution in [1.29, 1.82) is 0 Å². The van der Waals surface area contributed by atoms with Crippen LogP contribution in [0.5, 0.6) is 0 Å². The Balaban J connectivity index is 3.54. The second-order valence-corrected chi connectivity index (χ2v) is 12.2. The number of hydrogen-bond acceptors (Lipinski definition) is 7. The predicted molar refractivity (Wildman–Crippen MR) is 97.3 cm³/mol. The fraction of sp³-hybridized carbons (Fsp3) is 0.765. The molecule has 0 unspecified atom stereocenters. The SMILES string of the molecule is COCCOCCOCCOC(=O)/C=C/C(=O)OCCC[Si](C)(C)C. The summed E-state index contributed by atoms with van der Waals surface area (Å²) < 4.78 is 25.2. The van der Waals surface area contributed by atoms with Crippen molar-refractivity contribution in [3.05, 3.63) is 12.2 Å². The fourth-order valence-corrected chi connectivity index (χ4v) is 2.88. The normalized spacial score (nSPS) is 11.7. The van der Waals surface area contributed by atoms with Crippen molar-refractivity contribution >= 4 is 20.0 Å². The third-order valence-electron chi connectivity index (χ3n) is 2.95. The molecule has 0 rings (SSSR count). The highest BCUT2D eigenvalue weighted by molar-refractivity contribution is 6.76. The van der Waals surface area contributed by atoms with Gasteiger partial charge < -0.3 is 23.7 Å². The summed E-state index contributed by atoms with van der Waals surface area (Å²) in [6, 6.07) is 1.10. The predicted octanol–water partition coefficient (Wildman–Crippen LogP) is 2.04. The van der Waals surface area contributed by atoms with Crippen molar-refractivity contribution in [1.82, 2.24) is 0 Å². The summed E-state index contributed by atoms with van der Waals surface area (Å²) in [5.41, 5.74) is 0. The molecule has 0 aliphatic rings. The van der Waals surface area contributed by atoms with E-state index in [2.05, 4.69) is 19.6 Å². The molecule has 0 aromatic heterocycles. The maximum absolute atomic E-state index is 11.4. The molecule has 146 valence electrons. The summed E-state index contributed by atoms with van der Waals surface area (Å²) in [5.74, 6) is -1.13. The van der Waals surface area contributed by atoms with E-state index in [0.29, 0.717) is 33.0 Å². The molecule has 8 heteroatoms. The lowest BCUT2D eigenvalue weighted by molar-refractivity contribution is -0.141. The molecule has 25 heavy (non-hydrogen) atoms. The van der Waals surface area contributed by atoms with E-state index in [4.69, 9.17) is 23.7 Å². The van der Waals surface area contributed by atoms with Gasteiger partial charge in [-0.1, -0.05) is 25.7 Å². The molecule has 7 nitrogen and oxygen atoms in total. The van der Waals surface area contributed by atoms with Gasteiger partial charge in [-0.15, -0.1) is 0 Å². The molecule has 0 fully saturated rings. The van der Waals surface area contributed by atoms with Gasteiger partial charge in [0.25, 0.3) is 0 Å². The highest BCUT2D eigenvalue weighted by Crippen LogP contribution is 2.10. The van der Waals surface area contributed by atoms with Gasteiger partial charge in [-0.05, 0) is 6.42 Å². The highest BCUT2D eigenvalue weighted by Gasteiger charge is 2.12. The Morgan fingerprint density at radius 1 is 0.760 bits per heavy atom. The number of esters is 2. The van der Waals surface area contributed by atoms with Gasteiger partial charge >= 0.3 is 11.9 Å². The van der Waals surface area contributed by atoms with Gasteiger partial charge in [0.1, 0.15) is 6.61 Å². The Kier molecular flexibility index (Phi) is 14.3. The number of rotatable bonds is 15. The average molecular weight is 377 g/mol. The average Bonchev–Trinajstić information content (AvgIpc) is 2.54. The monoisotopic (exact) mass is 376 g/mol. The first-order valence-corrected chi connectivity index (χ1v) is 12.2. The van der Waals surface area contributed by atoms with Crippen molar-refractivity contribution in [3.63, 3.8) is 0 Å². The molecule has 0 aromatic carbocycles. The van der Waals surface area contributed by atoms with Crippen LogP contribution < -0.4 is 0 Å². The molecule has 0 heterocycles. The maximum atomic E-state index is 11.4. The topological polar surface area (TPSA) is 80.3 Å². The molecule has 0 amide bonds. The summed E-state index contributed by atoms with van der Waals surface area (Å²) in [4.78, 5) is 22.9. The van der Waals surface area contributed by atoms with E-state index in [1.54, 1.807) is 7.11 Å². The fourth-order valence-electron chi connectivity index (χ4n) is 1.67. The first-order valence-electron chi connectivity index (χ1n) is 8.51. The molecule has 0 spiro atoms. The summed E-state index contributed by atoms with van der Waals surface area (Å²) in [6.45, 7) is 9.51. The third kappa shape index (κ3) is 19.0. The van der Waals surface area contributed by atoms with E-state index < -0.39 is 20.0 Å². The van der Waals surface area contributed by atoms with E-state index in [-0.39, 0.29) is 13.2 Å². The quantitative estimate of drug-likeness (QED) is 0.187. The minimum atomic E-state index is -1.11. The Morgan fingerprint density at radius 2 is 1.24 bits per heavy atom. The van der Waals surface area contributed by atoms with Crippen molar-refractivity contribution in [2.45, 2.75) is 32.1 Å². The van der Waals surface area contributed by atoms with Crippen LogP contribution in [-0.4, -0.2) is 73.4 Å². The van der Waals surface area contributed by atoms with Crippen molar-refractivity contribution < 1.29 is 33.3 Å². The lowest BCUT2D eigenvalue weighted by Crippen LogP contribution is -2.20. The highest BCUT2D eigenvalue weighted by atomic mass is 28.3. The van der Waals surface area contributed by atoms with Gasteiger partial charge in [0, 0.05) is 27.3 Å². The van der Waals surface area contributed by atoms with Gasteiger partial charge in [0.05, 0.1) is 39.6 Å². The van der Waals surface area contributed by atoms with Crippen molar-refractivity contribution in [2.24, 2.45) is 0 Å². The zero-order valence-corrected chi connectivity index (χ0v) is 16.9. The van der Waals surface area contributed by atoms with Gasteiger partial charge in [-0.25, -0.2) is 9.59 Å². The van der Waals surface area contributed by atoms with Crippen LogP contribution in [0.15, 0.2) is 12.2 Å². The smallest absolute Gasteiger partial charge is 0.331 e. The first-order chi connectivity index (χ1) is 11.8. The van der Waals surface area contributed by atoms with Gasteiger partial charge in [-0.3, -0.25) is 0 Å². The van der Waals surface area contributed by atoms with Crippen LogP contribution in [0, 0.1) is 0 Å². The van der Waals surface area contributed by atoms with Crippen LogP contribution in [0.25, 0.3) is 0 Å². The number of methoxy groups -OCH3 is 1. The summed E-state index contributed by atoms with van der Waals surface area (Å²) >= 11 is 0. The summed E-state index contributed by atoms with van der Waals surface area (Å²) in [6.07, 6.45) is 3.00. The van der Waals surface area contributed by atoms with Crippen LogP contribution >= 0.6 is 0 Å². The van der Waals surface area contributed by atoms with E-state index in [1.165, 1.54) is 0 Å². The van der Waals surface area contributed by atoms with Crippen molar-refractivity contribution in [3.8, 4) is 0 Å². The molecule has 0 radical (unpaired) electrons. The number of carbonyl (C=O) groups excluding carboxylic acids is 2. The minimum Gasteiger partial charge on any atom is -0.463 e. The van der Waals surface area contributed by atoms with Gasteiger partial charge in [0.2, 0.25) is 0 Å². The summed E-state index contributed by atoms with van der Waals surface area (Å²) in [7, 11) is 0.500. The van der Waals surface area contributed by atoms with Gasteiger partial charge in [0.15, 0.2) is 0 Å². The molecule has 0 bridgehead atoms. The standard InChI is InChI=1S/C17H32O7Si/c1-20-9-10-21-11-12-22-13-14-24-17(19)7-6-16(18)23-8-5-15-25(2,3)4/h6-7H,5,8-15H2,1-4H3/b7-6+. The Bertz CT molecular complexity index is 391. The molecule has 0 saturated carbocycles. The molecule has 0 aliphatic heterocycles. The largest absolute Gasteiger partial charge is 0.463 e. The lowest BCUT2D eigenvalue weighted by atomic mass is 10.5. The zero-order valence-electron chi connectivity index (χ0n) is 15.9. The molecule has 0 aliphatic carbocycles. The Labute approximate surface area is 151 Å². The summed E-state index contributed by atoms with van der Waals surface area (Å²) in [5, 5.41) is 0. The van der Waals surface area contributed by atoms with Crippen LogP contribution in [0.3, 0.4) is 0 Å². The molecule has 0 N–H and O–H groups in total. The molecular weight excluding hydrogens is 344 g/mol. The Hall–Kier alpha value is -1.22. The van der Waals surface area contributed by atoms with E-state index in [0.717, 1.165) is 24.6 Å². The van der Waals surface area contributed by atoms with Crippen molar-refractivity contribution in [2.75, 3.05) is 53.4 Å². The van der Waals surface area contributed by atoms with Gasteiger partial charge in [-0.2, -0.15) is 0 Å². The number of carbonyl (C=O) groups is 2. The lowest BCUT2D eigenvalue weighted by Gasteiger charge is -2.14. The van der Waals surface area contributed by atoms with Crippen LogP contribution in [0.1, 0.15) is 6.42 Å². The zero-order chi connectivity index (χ0) is 19.0. The Morgan fingerprint density at radius 3 is 1.76 bits per heavy atom.